The molecule has 4 nitrogen and oxygen atoms in total. The lowest BCUT2D eigenvalue weighted by Gasteiger charge is -2.23. The van der Waals surface area contributed by atoms with Crippen LogP contribution in [-0.2, 0) is 4.79 Å². The molecule has 6 heteroatoms. The quantitative estimate of drug-likeness (QED) is 0.897. The van der Waals surface area contributed by atoms with E-state index >= 15 is 0 Å². The highest BCUT2D eigenvalue weighted by Crippen LogP contribution is 2.26. The molecule has 1 aromatic carbocycles. The molecule has 0 aliphatic carbocycles. The number of hydrogen-bond donors (Lipinski definition) is 2. The number of rotatable bonds is 4. The van der Waals surface area contributed by atoms with Crippen molar-refractivity contribution in [1.82, 2.24) is 4.90 Å². The Morgan fingerprint density at radius 1 is 1.55 bits per heavy atom. The first-order valence-electron chi connectivity index (χ1n) is 6.62. The Bertz CT molecular complexity index is 496. The van der Waals surface area contributed by atoms with E-state index in [0.717, 1.165) is 19.5 Å². The summed E-state index contributed by atoms with van der Waals surface area (Å²) in [5, 5.41) is 12.9. The number of nitrogens with one attached hydrogen (secondary N) is 1. The molecule has 2 rings (SSSR count). The van der Waals surface area contributed by atoms with Crippen LogP contribution < -0.4 is 5.32 Å². The van der Waals surface area contributed by atoms with Crippen molar-refractivity contribution in [3.05, 3.63) is 28.2 Å². The van der Waals surface area contributed by atoms with Gasteiger partial charge < -0.3 is 10.4 Å². The van der Waals surface area contributed by atoms with Gasteiger partial charge in [0.1, 0.15) is 0 Å². The molecule has 1 amide bonds. The summed E-state index contributed by atoms with van der Waals surface area (Å²) in [6.07, 6.45) is 0.923. The van der Waals surface area contributed by atoms with Gasteiger partial charge >= 0.3 is 0 Å². The molecule has 1 saturated heterocycles. The standard InChI is InChI=1S/C14H18Cl2N2O2/c1-9(18-5-4-10(7-18)8-19)14(20)17-13-6-11(15)2-3-12(13)16/h2-3,6,9-10,19H,4-5,7-8H2,1H3,(H,17,20). The molecule has 110 valence electrons. The predicted molar refractivity (Wildman–Crippen MR) is 81.3 cm³/mol. The van der Waals surface area contributed by atoms with E-state index in [9.17, 15) is 4.79 Å². The minimum absolute atomic E-state index is 0.118. The Labute approximate surface area is 128 Å². The van der Waals surface area contributed by atoms with Crippen LogP contribution in [0.5, 0.6) is 0 Å². The van der Waals surface area contributed by atoms with E-state index in [-0.39, 0.29) is 24.5 Å². The number of likely N-dealkylation sites (tertiary alicyclic amines) is 1. The average molecular weight is 317 g/mol. The maximum atomic E-state index is 12.2. The molecule has 1 fully saturated rings. The van der Waals surface area contributed by atoms with E-state index in [0.29, 0.717) is 15.7 Å². The van der Waals surface area contributed by atoms with Crippen molar-refractivity contribution in [3.8, 4) is 0 Å². The molecule has 2 N–H and O–H groups in total. The highest BCUT2D eigenvalue weighted by Gasteiger charge is 2.29. The third kappa shape index (κ3) is 3.64. The summed E-state index contributed by atoms with van der Waals surface area (Å²) in [5.41, 5.74) is 0.522. The molecule has 0 spiro atoms. The van der Waals surface area contributed by atoms with Crippen molar-refractivity contribution in [2.45, 2.75) is 19.4 Å². The van der Waals surface area contributed by atoms with Crippen LogP contribution >= 0.6 is 23.2 Å². The molecule has 1 aliphatic heterocycles. The van der Waals surface area contributed by atoms with Gasteiger partial charge in [0.05, 0.1) is 16.8 Å². The van der Waals surface area contributed by atoms with Crippen LogP contribution in [0, 0.1) is 5.92 Å². The smallest absolute Gasteiger partial charge is 0.241 e. The second-order valence-electron chi connectivity index (χ2n) is 5.12. The molecule has 20 heavy (non-hydrogen) atoms. The van der Waals surface area contributed by atoms with Gasteiger partial charge in [-0.05, 0) is 44.0 Å². The summed E-state index contributed by atoms with van der Waals surface area (Å²) < 4.78 is 0. The number of amides is 1. The third-order valence-corrected chi connectivity index (χ3v) is 4.25. The molecular weight excluding hydrogens is 299 g/mol. The summed E-state index contributed by atoms with van der Waals surface area (Å²) in [5.74, 6) is 0.146. The number of anilines is 1. The van der Waals surface area contributed by atoms with E-state index in [1.54, 1.807) is 18.2 Å². The monoisotopic (exact) mass is 316 g/mol. The Morgan fingerprint density at radius 3 is 2.95 bits per heavy atom. The first kappa shape index (κ1) is 15.6. The minimum Gasteiger partial charge on any atom is -0.396 e. The number of carbonyl (C=O) groups excluding carboxylic acids is 1. The van der Waals surface area contributed by atoms with Crippen LogP contribution in [-0.4, -0.2) is 41.7 Å². The van der Waals surface area contributed by atoms with Crippen LogP contribution in [0.3, 0.4) is 0 Å². The zero-order valence-electron chi connectivity index (χ0n) is 11.3. The summed E-state index contributed by atoms with van der Waals surface area (Å²) >= 11 is 11.9. The maximum absolute atomic E-state index is 12.2. The lowest BCUT2D eigenvalue weighted by atomic mass is 10.1. The number of halogens is 2. The SMILES string of the molecule is CC(C(=O)Nc1cc(Cl)ccc1Cl)N1CCC(CO)C1. The second-order valence-corrected chi connectivity index (χ2v) is 5.97. The largest absolute Gasteiger partial charge is 0.396 e. The molecule has 1 aromatic rings. The molecular formula is C14H18Cl2N2O2. The van der Waals surface area contributed by atoms with Crippen molar-refractivity contribution >= 4 is 34.8 Å². The maximum Gasteiger partial charge on any atom is 0.241 e. The summed E-state index contributed by atoms with van der Waals surface area (Å²) in [6.45, 7) is 3.59. The Kier molecular flexibility index (Phi) is 5.27. The Morgan fingerprint density at radius 2 is 2.30 bits per heavy atom. The number of hydrogen-bond acceptors (Lipinski definition) is 3. The zero-order valence-corrected chi connectivity index (χ0v) is 12.8. The molecule has 2 unspecified atom stereocenters. The fourth-order valence-corrected chi connectivity index (χ4v) is 2.70. The molecule has 2 atom stereocenters. The summed E-state index contributed by atoms with van der Waals surface area (Å²) in [7, 11) is 0. The van der Waals surface area contributed by atoms with E-state index in [4.69, 9.17) is 28.3 Å². The summed E-state index contributed by atoms with van der Waals surface area (Å²) in [6, 6.07) is 4.70. The highest BCUT2D eigenvalue weighted by molar-refractivity contribution is 6.35. The van der Waals surface area contributed by atoms with Crippen LogP contribution in [0.15, 0.2) is 18.2 Å². The predicted octanol–water partition coefficient (Wildman–Crippen LogP) is 2.63. The average Bonchev–Trinajstić information content (AvgIpc) is 2.90. The number of nitrogens with zero attached hydrogens (tertiary/aromatic N) is 1. The van der Waals surface area contributed by atoms with Gasteiger partial charge in [0.15, 0.2) is 0 Å². The van der Waals surface area contributed by atoms with Crippen molar-refractivity contribution in [2.75, 3.05) is 25.0 Å². The van der Waals surface area contributed by atoms with Gasteiger partial charge in [-0.15, -0.1) is 0 Å². The van der Waals surface area contributed by atoms with E-state index in [1.807, 2.05) is 6.92 Å². The molecule has 1 aliphatic rings. The van der Waals surface area contributed by atoms with E-state index in [1.165, 1.54) is 0 Å². The number of aliphatic hydroxyl groups excluding tert-OH is 1. The van der Waals surface area contributed by atoms with Crippen molar-refractivity contribution < 1.29 is 9.90 Å². The van der Waals surface area contributed by atoms with Gasteiger partial charge in [-0.2, -0.15) is 0 Å². The van der Waals surface area contributed by atoms with Crippen molar-refractivity contribution in [3.63, 3.8) is 0 Å². The first-order valence-corrected chi connectivity index (χ1v) is 7.37. The van der Waals surface area contributed by atoms with Crippen LogP contribution in [0.2, 0.25) is 10.0 Å². The lowest BCUT2D eigenvalue weighted by Crippen LogP contribution is -2.40. The third-order valence-electron chi connectivity index (χ3n) is 3.69. The molecule has 0 radical (unpaired) electrons. The van der Waals surface area contributed by atoms with Gasteiger partial charge in [0, 0.05) is 18.2 Å². The van der Waals surface area contributed by atoms with Crippen LogP contribution in [0.1, 0.15) is 13.3 Å². The van der Waals surface area contributed by atoms with Crippen LogP contribution in [0.25, 0.3) is 0 Å². The van der Waals surface area contributed by atoms with Crippen LogP contribution in [0.4, 0.5) is 5.69 Å². The Hall–Kier alpha value is -0.810. The zero-order chi connectivity index (χ0) is 14.7. The number of carbonyl (C=O) groups is 1. The molecule has 0 aromatic heterocycles. The normalized spacial score (nSPS) is 20.9. The van der Waals surface area contributed by atoms with Gasteiger partial charge in [-0.3, -0.25) is 9.69 Å². The highest BCUT2D eigenvalue weighted by atomic mass is 35.5. The van der Waals surface area contributed by atoms with Gasteiger partial charge in [-0.1, -0.05) is 23.2 Å². The second kappa shape index (κ2) is 6.76. The topological polar surface area (TPSA) is 52.6 Å². The van der Waals surface area contributed by atoms with E-state index < -0.39 is 0 Å². The van der Waals surface area contributed by atoms with Gasteiger partial charge in [0.2, 0.25) is 5.91 Å². The van der Waals surface area contributed by atoms with Crippen molar-refractivity contribution in [2.24, 2.45) is 5.92 Å². The lowest BCUT2D eigenvalue weighted by molar-refractivity contribution is -0.120. The first-order chi connectivity index (χ1) is 9.51. The fraction of sp³-hybridized carbons (Fsp3) is 0.500. The summed E-state index contributed by atoms with van der Waals surface area (Å²) in [4.78, 5) is 14.3. The molecule has 1 heterocycles. The van der Waals surface area contributed by atoms with Gasteiger partial charge in [0.25, 0.3) is 0 Å². The molecule has 0 saturated carbocycles. The Balaban J connectivity index is 1.99. The molecule has 0 bridgehead atoms. The van der Waals surface area contributed by atoms with Gasteiger partial charge in [-0.25, -0.2) is 0 Å². The fourth-order valence-electron chi connectivity index (χ4n) is 2.36. The minimum atomic E-state index is -0.262. The van der Waals surface area contributed by atoms with E-state index in [2.05, 4.69) is 10.2 Å². The number of benzene rings is 1. The van der Waals surface area contributed by atoms with Crippen molar-refractivity contribution in [1.29, 1.82) is 0 Å². The number of aliphatic hydroxyl groups is 1.